The lowest BCUT2D eigenvalue weighted by atomic mass is 9.90. The Labute approximate surface area is 209 Å². The van der Waals surface area contributed by atoms with E-state index in [4.69, 9.17) is 39.6 Å². The number of allylic oxidation sites excluding steroid dienone is 2. The van der Waals surface area contributed by atoms with Crippen LogP contribution in [0.1, 0.15) is 44.1 Å². The van der Waals surface area contributed by atoms with Crippen LogP contribution in [0.5, 0.6) is 0 Å². The molecular weight excluding hydrogens is 468 g/mol. The van der Waals surface area contributed by atoms with Crippen molar-refractivity contribution >= 4 is 34.6 Å². The number of quaternary nitrogens is 2. The maximum atomic E-state index is 9.04. The number of carbonyl (C=O) groups excluding carboxylic acids is 2. The predicted octanol–water partition coefficient (Wildman–Crippen LogP) is -1.79. The van der Waals surface area contributed by atoms with Gasteiger partial charge < -0.3 is 40.6 Å². The molecule has 0 saturated carbocycles. The SMILES string of the molecule is C/C=C/CC(C[NH2+]CCC1CCC[NH2+]1)c1cccc2ccccc12.O=C([O-])C(=O)O.O=C([O-])C(=O)O. The zero-order valence-corrected chi connectivity index (χ0v) is 20.3. The van der Waals surface area contributed by atoms with E-state index in [9.17, 15) is 0 Å². The molecule has 2 atom stereocenters. The first kappa shape index (κ1) is 30.3. The molecule has 3 rings (SSSR count). The van der Waals surface area contributed by atoms with Crippen LogP contribution in [0.15, 0.2) is 54.6 Å². The standard InChI is InChI=1S/C22H30N2.2C2H2O4/c1-2-3-8-19(17-23-16-14-20-11-7-15-24-20)22-13-6-10-18-9-4-5-12-21(18)22;2*3-1(4)2(5)6/h2-6,9-10,12-13,19-20,23-24H,7-8,11,14-17H2,1H3;2*(H,3,4)(H,5,6)/b3-2+;;. The summed E-state index contributed by atoms with van der Waals surface area (Å²) in [4.78, 5) is 36.1. The molecule has 6 N–H and O–H groups in total. The number of rotatable bonds is 8. The molecule has 1 aliphatic rings. The fourth-order valence-corrected chi connectivity index (χ4v) is 4.02. The lowest BCUT2D eigenvalue weighted by Gasteiger charge is -2.17. The maximum absolute atomic E-state index is 9.04. The Morgan fingerprint density at radius 2 is 1.67 bits per heavy atom. The molecule has 0 aliphatic carbocycles. The molecular formula is C26H34N2O8. The van der Waals surface area contributed by atoms with Crippen molar-refractivity contribution in [2.45, 2.75) is 44.6 Å². The second kappa shape index (κ2) is 16.8. The van der Waals surface area contributed by atoms with Crippen LogP contribution in [0.3, 0.4) is 0 Å². The maximum Gasteiger partial charge on any atom is 0.351 e. The molecule has 0 radical (unpaired) electrons. The van der Waals surface area contributed by atoms with Crippen LogP contribution in [0.2, 0.25) is 0 Å². The number of carboxylic acids is 4. The van der Waals surface area contributed by atoms with Crippen molar-refractivity contribution in [3.63, 3.8) is 0 Å². The minimum absolute atomic E-state index is 0.597. The van der Waals surface area contributed by atoms with Gasteiger partial charge in [0.1, 0.15) is 0 Å². The fraction of sp³-hybridized carbons (Fsp3) is 0.385. The first-order valence-corrected chi connectivity index (χ1v) is 11.8. The van der Waals surface area contributed by atoms with Crippen molar-refractivity contribution in [2.24, 2.45) is 0 Å². The summed E-state index contributed by atoms with van der Waals surface area (Å²) in [5.74, 6) is -7.42. The summed E-state index contributed by atoms with van der Waals surface area (Å²) in [5, 5.41) is 40.5. The molecule has 1 aliphatic heterocycles. The Hall–Kier alpha value is -3.76. The highest BCUT2D eigenvalue weighted by molar-refractivity contribution is 6.26. The van der Waals surface area contributed by atoms with Crippen molar-refractivity contribution in [3.8, 4) is 0 Å². The number of carboxylic acid groups (broad SMARTS) is 4. The average molecular weight is 503 g/mol. The number of benzene rings is 2. The number of fused-ring (bicyclic) bond motifs is 1. The molecule has 196 valence electrons. The van der Waals surface area contributed by atoms with Crippen LogP contribution < -0.4 is 20.8 Å². The van der Waals surface area contributed by atoms with Crippen LogP contribution in [-0.4, -0.2) is 59.8 Å². The third kappa shape index (κ3) is 11.6. The van der Waals surface area contributed by atoms with Gasteiger partial charge in [-0.1, -0.05) is 54.6 Å². The van der Waals surface area contributed by atoms with Crippen LogP contribution in [0, 0.1) is 0 Å². The molecule has 0 amide bonds. The van der Waals surface area contributed by atoms with Gasteiger partial charge in [0.15, 0.2) is 11.9 Å². The first-order chi connectivity index (χ1) is 17.2. The number of hydrogen-bond donors (Lipinski definition) is 4. The van der Waals surface area contributed by atoms with E-state index in [1.54, 1.807) is 0 Å². The van der Waals surface area contributed by atoms with E-state index in [0.717, 1.165) is 12.5 Å². The van der Waals surface area contributed by atoms with Gasteiger partial charge in [-0.2, -0.15) is 0 Å². The third-order valence-corrected chi connectivity index (χ3v) is 5.74. The van der Waals surface area contributed by atoms with Gasteiger partial charge in [0, 0.05) is 25.2 Å². The van der Waals surface area contributed by atoms with Gasteiger partial charge in [-0.3, -0.25) is 0 Å². The zero-order valence-electron chi connectivity index (χ0n) is 20.3. The summed E-state index contributed by atoms with van der Waals surface area (Å²) >= 11 is 0. The first-order valence-electron chi connectivity index (χ1n) is 11.8. The van der Waals surface area contributed by atoms with E-state index in [2.05, 4.69) is 72.2 Å². The highest BCUT2D eigenvalue weighted by Crippen LogP contribution is 2.27. The van der Waals surface area contributed by atoms with Crippen molar-refractivity contribution in [3.05, 3.63) is 60.2 Å². The number of carbonyl (C=O) groups is 4. The van der Waals surface area contributed by atoms with Gasteiger partial charge in [-0.05, 0) is 29.7 Å². The molecule has 1 heterocycles. The molecule has 2 unspecified atom stereocenters. The van der Waals surface area contributed by atoms with E-state index >= 15 is 0 Å². The summed E-state index contributed by atoms with van der Waals surface area (Å²) in [7, 11) is 0. The Kier molecular flexibility index (Phi) is 14.1. The Bertz CT molecular complexity index is 978. The smallest absolute Gasteiger partial charge is 0.351 e. The lowest BCUT2D eigenvalue weighted by molar-refractivity contribution is -0.692. The Morgan fingerprint density at radius 3 is 2.22 bits per heavy atom. The summed E-state index contributed by atoms with van der Waals surface area (Å²) in [5.41, 5.74) is 1.51. The second-order valence-electron chi connectivity index (χ2n) is 8.28. The largest absolute Gasteiger partial charge is 0.539 e. The molecule has 0 bridgehead atoms. The van der Waals surface area contributed by atoms with E-state index in [0.29, 0.717) is 5.92 Å². The Balaban J connectivity index is 0.000000450. The fourth-order valence-electron chi connectivity index (χ4n) is 4.02. The van der Waals surface area contributed by atoms with Gasteiger partial charge in [0.25, 0.3) is 0 Å². The number of aliphatic carboxylic acids is 4. The summed E-state index contributed by atoms with van der Waals surface area (Å²) in [6, 6.07) is 16.5. The molecule has 0 spiro atoms. The van der Waals surface area contributed by atoms with Gasteiger partial charge in [-0.25, -0.2) is 9.59 Å². The van der Waals surface area contributed by atoms with Gasteiger partial charge in [0.2, 0.25) is 0 Å². The minimum atomic E-state index is -2.07. The van der Waals surface area contributed by atoms with Gasteiger partial charge in [0.05, 0.1) is 25.7 Å². The van der Waals surface area contributed by atoms with E-state index in [1.807, 2.05) is 0 Å². The molecule has 36 heavy (non-hydrogen) atoms. The minimum Gasteiger partial charge on any atom is -0.539 e. The van der Waals surface area contributed by atoms with Crippen LogP contribution >= 0.6 is 0 Å². The molecule has 2 aromatic carbocycles. The van der Waals surface area contributed by atoms with Crippen LogP contribution in [-0.2, 0) is 19.2 Å². The third-order valence-electron chi connectivity index (χ3n) is 5.74. The summed E-state index contributed by atoms with van der Waals surface area (Å²) in [6.45, 7) is 5.91. The monoisotopic (exact) mass is 502 g/mol. The second-order valence-corrected chi connectivity index (χ2v) is 8.28. The molecule has 10 heteroatoms. The number of nitrogens with two attached hydrogens (primary N) is 2. The summed E-state index contributed by atoms with van der Waals surface area (Å²) < 4.78 is 0. The van der Waals surface area contributed by atoms with E-state index < -0.39 is 23.9 Å². The lowest BCUT2D eigenvalue weighted by Crippen LogP contribution is -2.90. The van der Waals surface area contributed by atoms with E-state index in [1.165, 1.54) is 55.2 Å². The van der Waals surface area contributed by atoms with Crippen molar-refractivity contribution < 1.29 is 50.2 Å². The molecule has 0 aromatic heterocycles. The van der Waals surface area contributed by atoms with Crippen molar-refractivity contribution in [1.29, 1.82) is 0 Å². The Morgan fingerprint density at radius 1 is 1.06 bits per heavy atom. The molecule has 10 nitrogen and oxygen atoms in total. The quantitative estimate of drug-likeness (QED) is 0.185. The zero-order chi connectivity index (χ0) is 26.9. The van der Waals surface area contributed by atoms with Crippen LogP contribution in [0.25, 0.3) is 10.8 Å². The van der Waals surface area contributed by atoms with E-state index in [-0.39, 0.29) is 0 Å². The molecule has 1 fully saturated rings. The van der Waals surface area contributed by atoms with Gasteiger partial charge in [-0.15, -0.1) is 0 Å². The van der Waals surface area contributed by atoms with Crippen molar-refractivity contribution in [1.82, 2.24) is 0 Å². The summed E-state index contributed by atoms with van der Waals surface area (Å²) in [6.07, 6.45) is 9.82. The normalized spacial score (nSPS) is 15.3. The molecule has 1 saturated heterocycles. The average Bonchev–Trinajstić information content (AvgIpc) is 3.37. The van der Waals surface area contributed by atoms with Crippen molar-refractivity contribution in [2.75, 3.05) is 19.6 Å². The topological polar surface area (TPSA) is 188 Å². The molecule has 2 aromatic rings. The van der Waals surface area contributed by atoms with Gasteiger partial charge >= 0.3 is 11.9 Å². The van der Waals surface area contributed by atoms with Crippen LogP contribution in [0.4, 0.5) is 0 Å². The highest BCUT2D eigenvalue weighted by Gasteiger charge is 2.19. The highest BCUT2D eigenvalue weighted by atomic mass is 16.4. The predicted molar refractivity (Wildman–Crippen MR) is 127 cm³/mol. The number of hydrogen-bond acceptors (Lipinski definition) is 6.